The van der Waals surface area contributed by atoms with Crippen LogP contribution in [0.15, 0.2) is 55.0 Å². The van der Waals surface area contributed by atoms with E-state index in [1.54, 1.807) is 11.8 Å². The molecule has 1 fully saturated rings. The van der Waals surface area contributed by atoms with Crippen molar-refractivity contribution in [2.24, 2.45) is 12.8 Å². The van der Waals surface area contributed by atoms with Gasteiger partial charge in [-0.1, -0.05) is 30.3 Å². The molecule has 2 aromatic carbocycles. The van der Waals surface area contributed by atoms with Crippen LogP contribution in [0, 0.1) is 0 Å². The number of likely N-dealkylation sites (N-methyl/N-ethyl adjacent to an activating group) is 1. The molecule has 0 spiro atoms. The summed E-state index contributed by atoms with van der Waals surface area (Å²) in [5.41, 5.74) is 9.89. The summed E-state index contributed by atoms with van der Waals surface area (Å²) >= 11 is 0. The monoisotopic (exact) mass is 428 g/mol. The predicted octanol–water partition coefficient (Wildman–Crippen LogP) is 2.72. The van der Waals surface area contributed by atoms with Crippen LogP contribution in [0.2, 0.25) is 0 Å². The van der Waals surface area contributed by atoms with E-state index >= 15 is 0 Å². The van der Waals surface area contributed by atoms with Crippen molar-refractivity contribution in [1.29, 1.82) is 0 Å². The number of carbonyl (C=O) groups is 1. The zero-order chi connectivity index (χ0) is 22.5. The van der Waals surface area contributed by atoms with Gasteiger partial charge in [-0.2, -0.15) is 5.10 Å². The van der Waals surface area contributed by atoms with Crippen LogP contribution in [-0.2, 0) is 17.4 Å². The molecule has 1 saturated heterocycles. The van der Waals surface area contributed by atoms with Crippen LogP contribution in [0.1, 0.15) is 12.0 Å². The SMILES string of the molecule is COc1cc2ncnc(-c3cn(C)nc3-c3ccccc3)c2cc1C1(C(N)=O)CCN1C. The molecule has 2 aromatic heterocycles. The van der Waals surface area contributed by atoms with Gasteiger partial charge in [-0.3, -0.25) is 14.4 Å². The largest absolute Gasteiger partial charge is 0.496 e. The lowest BCUT2D eigenvalue weighted by Crippen LogP contribution is -2.62. The minimum Gasteiger partial charge on any atom is -0.496 e. The maximum atomic E-state index is 12.6. The fourth-order valence-corrected chi connectivity index (χ4v) is 4.60. The van der Waals surface area contributed by atoms with Gasteiger partial charge in [0, 0.05) is 47.9 Å². The molecule has 1 amide bonds. The number of aromatic nitrogens is 4. The third-order valence-electron chi connectivity index (χ3n) is 6.40. The van der Waals surface area contributed by atoms with Crippen LogP contribution in [0.25, 0.3) is 33.4 Å². The summed E-state index contributed by atoms with van der Waals surface area (Å²) in [6.45, 7) is 0.781. The van der Waals surface area contributed by atoms with Crippen LogP contribution in [0.3, 0.4) is 0 Å². The highest BCUT2D eigenvalue weighted by atomic mass is 16.5. The third kappa shape index (κ3) is 2.87. The normalized spacial score (nSPS) is 18.5. The second-order valence-corrected chi connectivity index (χ2v) is 8.12. The Bertz CT molecular complexity index is 1330. The van der Waals surface area contributed by atoms with E-state index in [0.717, 1.165) is 45.5 Å². The Labute approximate surface area is 185 Å². The van der Waals surface area contributed by atoms with Gasteiger partial charge in [0.15, 0.2) is 0 Å². The molecular weight excluding hydrogens is 404 g/mol. The fraction of sp³-hybridized carbons (Fsp3) is 0.250. The Hall–Kier alpha value is -3.78. The van der Waals surface area contributed by atoms with Gasteiger partial charge in [-0.15, -0.1) is 0 Å². The number of aryl methyl sites for hydroxylation is 1. The summed E-state index contributed by atoms with van der Waals surface area (Å²) in [7, 11) is 5.38. The van der Waals surface area contributed by atoms with E-state index in [1.165, 1.54) is 6.33 Å². The molecule has 8 nitrogen and oxygen atoms in total. The zero-order valence-electron chi connectivity index (χ0n) is 18.2. The van der Waals surface area contributed by atoms with Gasteiger partial charge in [-0.25, -0.2) is 9.97 Å². The van der Waals surface area contributed by atoms with Gasteiger partial charge in [0.2, 0.25) is 5.91 Å². The van der Waals surface area contributed by atoms with E-state index in [4.69, 9.17) is 10.5 Å². The van der Waals surface area contributed by atoms with Crippen molar-refractivity contribution in [3.63, 3.8) is 0 Å². The van der Waals surface area contributed by atoms with Crippen molar-refractivity contribution in [2.75, 3.05) is 20.7 Å². The van der Waals surface area contributed by atoms with Crippen LogP contribution >= 0.6 is 0 Å². The van der Waals surface area contributed by atoms with Gasteiger partial charge in [0.05, 0.1) is 18.3 Å². The standard InChI is InChI=1S/C24H24N6O2/c1-29-10-9-24(29,23(25)31)18-11-16-19(12-20(18)32-3)26-14-27-22(16)17-13-30(2)28-21(17)15-7-5-4-6-8-15/h4-8,11-14H,9-10H2,1-3H3,(H2,25,31). The lowest BCUT2D eigenvalue weighted by molar-refractivity contribution is -0.138. The van der Waals surface area contributed by atoms with E-state index in [0.29, 0.717) is 12.2 Å². The lowest BCUT2D eigenvalue weighted by atomic mass is 9.77. The molecule has 0 saturated carbocycles. The summed E-state index contributed by atoms with van der Waals surface area (Å²) in [6, 6.07) is 13.8. The molecule has 32 heavy (non-hydrogen) atoms. The van der Waals surface area contributed by atoms with Gasteiger partial charge in [-0.05, 0) is 19.5 Å². The number of fused-ring (bicyclic) bond motifs is 1. The number of primary amides is 1. The molecule has 162 valence electrons. The van der Waals surface area contributed by atoms with Gasteiger partial charge in [0.1, 0.15) is 23.3 Å². The second kappa shape index (κ2) is 7.42. The minimum absolute atomic E-state index is 0.395. The number of carbonyl (C=O) groups excluding carboxylic acids is 1. The van der Waals surface area contributed by atoms with Crippen LogP contribution in [0.4, 0.5) is 0 Å². The third-order valence-corrected chi connectivity index (χ3v) is 6.40. The predicted molar refractivity (Wildman–Crippen MR) is 122 cm³/mol. The Morgan fingerprint density at radius 2 is 1.91 bits per heavy atom. The molecule has 1 aliphatic heterocycles. The van der Waals surface area contributed by atoms with E-state index in [9.17, 15) is 4.79 Å². The summed E-state index contributed by atoms with van der Waals surface area (Å²) in [6.07, 6.45) is 4.12. The summed E-state index contributed by atoms with van der Waals surface area (Å²) in [5, 5.41) is 5.50. The molecule has 0 radical (unpaired) electrons. The Morgan fingerprint density at radius 1 is 1.12 bits per heavy atom. The summed E-state index contributed by atoms with van der Waals surface area (Å²) in [4.78, 5) is 23.7. The number of rotatable bonds is 5. The van der Waals surface area contributed by atoms with Gasteiger partial charge >= 0.3 is 0 Å². The molecule has 0 aliphatic carbocycles. The topological polar surface area (TPSA) is 99.2 Å². The maximum absolute atomic E-state index is 12.6. The van der Waals surface area contributed by atoms with Crippen molar-refractivity contribution < 1.29 is 9.53 Å². The van der Waals surface area contributed by atoms with E-state index in [-0.39, 0.29) is 0 Å². The molecule has 0 bridgehead atoms. The van der Waals surface area contributed by atoms with Crippen molar-refractivity contribution in [1.82, 2.24) is 24.6 Å². The molecule has 3 heterocycles. The van der Waals surface area contributed by atoms with Crippen molar-refractivity contribution >= 4 is 16.8 Å². The number of nitrogens with zero attached hydrogens (tertiary/aromatic N) is 5. The first kappa shape index (κ1) is 20.1. The highest BCUT2D eigenvalue weighted by Crippen LogP contribution is 2.45. The van der Waals surface area contributed by atoms with Crippen molar-refractivity contribution in [3.8, 4) is 28.3 Å². The summed E-state index contributed by atoms with van der Waals surface area (Å²) < 4.78 is 7.44. The number of hydrogen-bond acceptors (Lipinski definition) is 6. The number of nitrogens with two attached hydrogens (primary N) is 1. The molecule has 1 atom stereocenters. The molecule has 8 heteroatoms. The quantitative estimate of drug-likeness (QED) is 0.525. The smallest absolute Gasteiger partial charge is 0.242 e. The minimum atomic E-state index is -0.913. The lowest BCUT2D eigenvalue weighted by Gasteiger charge is -2.49. The molecule has 1 aliphatic rings. The molecule has 4 aromatic rings. The van der Waals surface area contributed by atoms with Crippen LogP contribution in [-0.4, -0.2) is 51.3 Å². The first-order chi connectivity index (χ1) is 15.5. The van der Waals surface area contributed by atoms with E-state index in [2.05, 4.69) is 15.1 Å². The highest BCUT2D eigenvalue weighted by molar-refractivity contribution is 5.98. The molecule has 1 unspecified atom stereocenters. The second-order valence-electron chi connectivity index (χ2n) is 8.12. The number of hydrogen-bond donors (Lipinski definition) is 1. The maximum Gasteiger partial charge on any atom is 0.242 e. The molecule has 5 rings (SSSR count). The first-order valence-corrected chi connectivity index (χ1v) is 10.4. The molecule has 2 N–H and O–H groups in total. The fourth-order valence-electron chi connectivity index (χ4n) is 4.60. The van der Waals surface area contributed by atoms with Crippen LogP contribution in [0.5, 0.6) is 5.75 Å². The number of benzene rings is 2. The van der Waals surface area contributed by atoms with Crippen LogP contribution < -0.4 is 10.5 Å². The Morgan fingerprint density at radius 3 is 2.53 bits per heavy atom. The first-order valence-electron chi connectivity index (χ1n) is 10.4. The highest BCUT2D eigenvalue weighted by Gasteiger charge is 2.51. The zero-order valence-corrected chi connectivity index (χ0v) is 18.2. The van der Waals surface area contributed by atoms with E-state index < -0.39 is 11.4 Å². The van der Waals surface area contributed by atoms with Gasteiger partial charge in [0.25, 0.3) is 0 Å². The number of ether oxygens (including phenoxy) is 1. The van der Waals surface area contributed by atoms with E-state index in [1.807, 2.05) is 67.7 Å². The Balaban J connectivity index is 1.78. The summed E-state index contributed by atoms with van der Waals surface area (Å²) in [5.74, 6) is 0.190. The number of methoxy groups -OCH3 is 1. The Kier molecular flexibility index (Phi) is 4.67. The molecular formula is C24H24N6O2. The number of likely N-dealkylation sites (tertiary alicyclic amines) is 1. The van der Waals surface area contributed by atoms with Gasteiger partial charge < -0.3 is 10.5 Å². The number of amides is 1. The van der Waals surface area contributed by atoms with Crippen molar-refractivity contribution in [3.05, 3.63) is 60.6 Å². The van der Waals surface area contributed by atoms with Crippen molar-refractivity contribution in [2.45, 2.75) is 12.0 Å². The average Bonchev–Trinajstić information content (AvgIpc) is 3.19. The average molecular weight is 428 g/mol.